The highest BCUT2D eigenvalue weighted by molar-refractivity contribution is 14.1. The molecule has 0 amide bonds. The minimum Gasteiger partial charge on any atom is -0.462 e. The van der Waals surface area contributed by atoms with Crippen LogP contribution in [0.1, 0.15) is 12.5 Å². The number of ether oxygens (including phenoxy) is 4. The topological polar surface area (TPSA) is 54.0 Å². The van der Waals surface area contributed by atoms with Crippen LogP contribution in [-0.4, -0.2) is 31.6 Å². The summed E-state index contributed by atoms with van der Waals surface area (Å²) in [7, 11) is 0. The Bertz CT molecular complexity index is 728. The van der Waals surface area contributed by atoms with Crippen molar-refractivity contribution in [2.75, 3.05) is 6.61 Å². The van der Waals surface area contributed by atoms with Gasteiger partial charge in [0.25, 0.3) is 0 Å². The van der Waals surface area contributed by atoms with Gasteiger partial charge in [0.15, 0.2) is 0 Å². The largest absolute Gasteiger partial charge is 0.573 e. The molecule has 0 saturated carbocycles. The third-order valence-electron chi connectivity index (χ3n) is 2.82. The first-order valence-corrected chi connectivity index (χ1v) is 7.86. The van der Waals surface area contributed by atoms with Gasteiger partial charge >= 0.3 is 18.7 Å². The van der Waals surface area contributed by atoms with Crippen LogP contribution in [-0.2, 0) is 14.3 Å². The zero-order valence-corrected chi connectivity index (χ0v) is 14.9. The van der Waals surface area contributed by atoms with Crippen molar-refractivity contribution in [2.24, 2.45) is 0 Å². The van der Waals surface area contributed by atoms with E-state index in [-0.39, 0.29) is 21.5 Å². The van der Waals surface area contributed by atoms with E-state index in [0.29, 0.717) is 0 Å². The van der Waals surface area contributed by atoms with Crippen molar-refractivity contribution in [3.05, 3.63) is 26.8 Å². The van der Waals surface area contributed by atoms with Crippen LogP contribution in [0.25, 0.3) is 6.08 Å². The smallest absolute Gasteiger partial charge is 0.462 e. The number of fused-ring (bicyclic) bond motifs is 1. The second-order valence-electron chi connectivity index (χ2n) is 4.70. The quantitative estimate of drug-likeness (QED) is 0.351. The molecule has 1 unspecified atom stereocenters. The highest BCUT2D eigenvalue weighted by atomic mass is 127. The second-order valence-corrected chi connectivity index (χ2v) is 5.87. The summed E-state index contributed by atoms with van der Waals surface area (Å²) in [5.41, 5.74) is -0.752. The van der Waals surface area contributed by atoms with E-state index in [2.05, 4.69) is 14.2 Å². The number of hydrogen-bond acceptors (Lipinski definition) is 5. The van der Waals surface area contributed by atoms with Gasteiger partial charge in [-0.3, -0.25) is 0 Å². The van der Waals surface area contributed by atoms with Gasteiger partial charge in [0, 0.05) is 5.56 Å². The summed E-state index contributed by atoms with van der Waals surface area (Å²) in [5.74, 6) is -1.98. The van der Waals surface area contributed by atoms with Crippen LogP contribution >= 0.6 is 22.6 Å². The van der Waals surface area contributed by atoms with Crippen molar-refractivity contribution >= 4 is 34.6 Å². The van der Waals surface area contributed by atoms with Crippen LogP contribution < -0.4 is 9.47 Å². The van der Waals surface area contributed by atoms with Gasteiger partial charge in [-0.2, -0.15) is 0 Å². The molecular weight excluding hydrogens is 489 g/mol. The Morgan fingerprint density at radius 1 is 1.19 bits per heavy atom. The maximum absolute atomic E-state index is 12.6. The summed E-state index contributed by atoms with van der Waals surface area (Å²) in [5, 5.41) is 0. The lowest BCUT2D eigenvalue weighted by Gasteiger charge is -2.27. The Balaban J connectivity index is 2.47. The monoisotopic (exact) mass is 498 g/mol. The number of alkyl halides is 6. The van der Waals surface area contributed by atoms with Crippen LogP contribution in [0.3, 0.4) is 0 Å². The van der Waals surface area contributed by atoms with Crippen molar-refractivity contribution in [2.45, 2.75) is 25.9 Å². The van der Waals surface area contributed by atoms with Gasteiger partial charge in [0.05, 0.1) is 10.2 Å². The summed E-state index contributed by atoms with van der Waals surface area (Å²) in [6.07, 6.45) is -11.4. The van der Waals surface area contributed by atoms with Gasteiger partial charge in [0.2, 0.25) is 6.29 Å². The van der Waals surface area contributed by atoms with Gasteiger partial charge in [0.1, 0.15) is 17.1 Å². The molecule has 0 bridgehead atoms. The van der Waals surface area contributed by atoms with E-state index in [4.69, 9.17) is 4.74 Å². The lowest BCUT2D eigenvalue weighted by molar-refractivity contribution is -0.360. The van der Waals surface area contributed by atoms with Crippen molar-refractivity contribution < 1.29 is 50.1 Å². The van der Waals surface area contributed by atoms with E-state index in [1.54, 1.807) is 22.6 Å². The molecular formula is C14H9F6IO5. The average molecular weight is 498 g/mol. The number of esters is 1. The van der Waals surface area contributed by atoms with Crippen LogP contribution in [0, 0.1) is 3.57 Å². The standard InChI is InChI=1S/C14H9F6IO5/c1-2-23-11(22)8-4-6-3-7(25-13(15,16)17)5-9(21)10(6)24-12(8)26-14(18,19)20/h3-5,12H,2H2,1H3. The molecule has 1 heterocycles. The number of carbonyl (C=O) groups excluding carboxylic acids is 1. The van der Waals surface area contributed by atoms with Crippen LogP contribution in [0.2, 0.25) is 0 Å². The van der Waals surface area contributed by atoms with Crippen molar-refractivity contribution in [1.29, 1.82) is 0 Å². The minimum absolute atomic E-state index is 0.0225. The molecule has 0 fully saturated rings. The zero-order valence-electron chi connectivity index (χ0n) is 12.7. The van der Waals surface area contributed by atoms with Crippen molar-refractivity contribution in [1.82, 2.24) is 0 Å². The Kier molecular flexibility index (Phi) is 5.95. The first kappa shape index (κ1) is 20.6. The summed E-state index contributed by atoms with van der Waals surface area (Å²) in [6.45, 7) is 1.28. The molecule has 0 aliphatic carbocycles. The summed E-state index contributed by atoms with van der Waals surface area (Å²) >= 11 is 1.55. The van der Waals surface area contributed by atoms with Crippen LogP contribution in [0.5, 0.6) is 11.5 Å². The average Bonchev–Trinajstić information content (AvgIpc) is 2.44. The van der Waals surface area contributed by atoms with Crippen molar-refractivity contribution in [3.63, 3.8) is 0 Å². The van der Waals surface area contributed by atoms with E-state index in [0.717, 1.165) is 18.2 Å². The number of halogens is 7. The number of rotatable bonds is 4. The fourth-order valence-corrected chi connectivity index (χ4v) is 2.74. The molecule has 12 heteroatoms. The van der Waals surface area contributed by atoms with Crippen molar-refractivity contribution in [3.8, 4) is 11.5 Å². The fourth-order valence-electron chi connectivity index (χ4n) is 2.00. The molecule has 0 aromatic heterocycles. The summed E-state index contributed by atoms with van der Waals surface area (Å²) < 4.78 is 92.0. The first-order chi connectivity index (χ1) is 11.9. The Morgan fingerprint density at radius 3 is 2.38 bits per heavy atom. The van der Waals surface area contributed by atoms with Gasteiger partial charge in [-0.15, -0.1) is 26.3 Å². The second kappa shape index (κ2) is 7.50. The van der Waals surface area contributed by atoms with Gasteiger partial charge < -0.3 is 14.2 Å². The predicted molar refractivity (Wildman–Crippen MR) is 82.0 cm³/mol. The van der Waals surface area contributed by atoms with Gasteiger partial charge in [-0.1, -0.05) is 0 Å². The molecule has 1 aliphatic rings. The molecule has 0 spiro atoms. The highest BCUT2D eigenvalue weighted by Crippen LogP contribution is 2.40. The SMILES string of the molecule is CCOC(=O)C1=Cc2cc(OC(F)(F)F)cc(I)c2OC1OC(F)(F)F. The number of hydrogen-bond donors (Lipinski definition) is 0. The molecule has 1 atom stereocenters. The Hall–Kier alpha value is -1.70. The van der Waals surface area contributed by atoms with Crippen LogP contribution in [0.4, 0.5) is 26.3 Å². The third-order valence-corrected chi connectivity index (χ3v) is 3.62. The first-order valence-electron chi connectivity index (χ1n) is 6.79. The lowest BCUT2D eigenvalue weighted by atomic mass is 10.1. The molecule has 0 saturated heterocycles. The lowest BCUT2D eigenvalue weighted by Crippen LogP contribution is -2.36. The molecule has 1 aliphatic heterocycles. The summed E-state index contributed by atoms with van der Waals surface area (Å²) in [4.78, 5) is 11.9. The molecule has 0 N–H and O–H groups in total. The van der Waals surface area contributed by atoms with E-state index in [1.165, 1.54) is 6.92 Å². The zero-order chi connectivity index (χ0) is 19.7. The van der Waals surface area contributed by atoms with E-state index in [1.807, 2.05) is 0 Å². The van der Waals surface area contributed by atoms with Crippen LogP contribution in [0.15, 0.2) is 17.7 Å². The van der Waals surface area contributed by atoms with E-state index < -0.39 is 36.3 Å². The number of benzene rings is 1. The normalized spacial score (nSPS) is 17.1. The Labute approximate surface area is 156 Å². The van der Waals surface area contributed by atoms with Gasteiger partial charge in [-0.05, 0) is 47.7 Å². The van der Waals surface area contributed by atoms with E-state index in [9.17, 15) is 31.1 Å². The molecule has 1 aromatic rings. The molecule has 26 heavy (non-hydrogen) atoms. The maximum atomic E-state index is 12.6. The molecule has 2 rings (SSSR count). The van der Waals surface area contributed by atoms with Gasteiger partial charge in [-0.25, -0.2) is 9.53 Å². The van der Waals surface area contributed by atoms with E-state index >= 15 is 0 Å². The Morgan fingerprint density at radius 2 is 1.85 bits per heavy atom. The highest BCUT2D eigenvalue weighted by Gasteiger charge is 2.41. The molecule has 0 radical (unpaired) electrons. The predicted octanol–water partition coefficient (Wildman–Crippen LogP) is 4.39. The molecule has 144 valence electrons. The molecule has 1 aromatic carbocycles. The maximum Gasteiger partial charge on any atom is 0.573 e. The summed E-state index contributed by atoms with van der Waals surface area (Å²) in [6, 6.07) is 1.79. The molecule has 5 nitrogen and oxygen atoms in total. The number of carbonyl (C=O) groups is 1. The fraction of sp³-hybridized carbons (Fsp3) is 0.357. The third kappa shape index (κ3) is 5.40. The minimum atomic E-state index is -5.13.